The summed E-state index contributed by atoms with van der Waals surface area (Å²) in [6.45, 7) is 4.32. The number of benzene rings is 1. The number of hydrogen-bond acceptors (Lipinski definition) is 9. The van der Waals surface area contributed by atoms with Gasteiger partial charge >= 0.3 is 0 Å². The third-order valence-corrected chi connectivity index (χ3v) is 6.85. The normalized spacial score (nSPS) is 18.3. The largest absolute Gasteiger partial charge is 0.387 e. The maximum atomic E-state index is 12.7. The van der Waals surface area contributed by atoms with Crippen LogP contribution >= 0.6 is 11.6 Å². The number of nitrogen functional groups attached to an aromatic ring is 1. The second kappa shape index (κ2) is 13.3. The summed E-state index contributed by atoms with van der Waals surface area (Å²) in [5, 5.41) is 19.5. The number of hydrogen-bond donors (Lipinski definition) is 4. The van der Waals surface area contributed by atoms with E-state index in [2.05, 4.69) is 25.5 Å². The molecule has 0 spiro atoms. The van der Waals surface area contributed by atoms with Crippen molar-refractivity contribution in [3.63, 3.8) is 0 Å². The number of alkyl halides is 1. The van der Waals surface area contributed by atoms with E-state index in [0.717, 1.165) is 32.2 Å². The molecule has 2 aliphatic heterocycles. The van der Waals surface area contributed by atoms with Gasteiger partial charge in [0.2, 0.25) is 5.95 Å². The Morgan fingerprint density at radius 3 is 2.63 bits per heavy atom. The highest BCUT2D eigenvalue weighted by Gasteiger charge is 2.26. The third-order valence-electron chi connectivity index (χ3n) is 6.58. The molecule has 0 saturated carbocycles. The molecule has 1 aromatic carbocycles. The van der Waals surface area contributed by atoms with Gasteiger partial charge in [0.15, 0.2) is 11.5 Å². The summed E-state index contributed by atoms with van der Waals surface area (Å²) in [6.07, 6.45) is 3.69. The Kier molecular flexibility index (Phi) is 9.66. The summed E-state index contributed by atoms with van der Waals surface area (Å²) in [6, 6.07) is 7.09. The highest BCUT2D eigenvalue weighted by atomic mass is 35.5. The maximum absolute atomic E-state index is 12.7. The highest BCUT2D eigenvalue weighted by molar-refractivity contribution is 6.17. The minimum absolute atomic E-state index is 0.0308. The Morgan fingerprint density at radius 2 is 1.92 bits per heavy atom. The third kappa shape index (κ3) is 7.07. The number of nitrogens with zero attached hydrogens (tertiary/aromatic N) is 6. The molecular formula is C25H35ClN10O2. The molecule has 2 aliphatic rings. The van der Waals surface area contributed by atoms with E-state index in [1.807, 2.05) is 4.90 Å². The summed E-state index contributed by atoms with van der Waals surface area (Å²) in [4.78, 5) is 25.7. The van der Waals surface area contributed by atoms with Crippen LogP contribution in [0.25, 0.3) is 0 Å². The fourth-order valence-electron chi connectivity index (χ4n) is 4.45. The van der Waals surface area contributed by atoms with Gasteiger partial charge in [-0.1, -0.05) is 0 Å². The summed E-state index contributed by atoms with van der Waals surface area (Å²) in [5.74, 6) is 1.84. The molecule has 0 bridgehead atoms. The van der Waals surface area contributed by atoms with Gasteiger partial charge in [0, 0.05) is 55.8 Å². The second-order valence-electron chi connectivity index (χ2n) is 9.32. The van der Waals surface area contributed by atoms with Crippen LogP contribution in [0.15, 0.2) is 29.3 Å². The monoisotopic (exact) mass is 542 g/mol. The van der Waals surface area contributed by atoms with Gasteiger partial charge in [0.1, 0.15) is 5.84 Å². The number of morpholine rings is 1. The van der Waals surface area contributed by atoms with Crippen LogP contribution in [0.3, 0.4) is 0 Å². The maximum Gasteiger partial charge on any atom is 0.254 e. The standard InChI is InChI=1S/C25H35ClN10O2/c26-9-1-2-10-30-22(29)18-4-3-11-36(16-18)25-32-23(20(21(27)28)33-34-25)31-19-7-5-17(6-8-19)24(37)35-12-14-38-15-13-35/h5-8,18H,1-4,9-16H2,(H3,27,28)(H2,29,30)(H,31,32,34)/t18-/m1/s1. The molecule has 2 aromatic rings. The van der Waals surface area contributed by atoms with Crippen molar-refractivity contribution in [1.29, 1.82) is 5.41 Å². The van der Waals surface area contributed by atoms with Crippen LogP contribution in [-0.4, -0.2) is 89.5 Å². The quantitative estimate of drug-likeness (QED) is 0.151. The first-order valence-electron chi connectivity index (χ1n) is 12.9. The molecule has 13 heteroatoms. The lowest BCUT2D eigenvalue weighted by Gasteiger charge is -2.32. The summed E-state index contributed by atoms with van der Waals surface area (Å²) >= 11 is 5.74. The molecule has 6 N–H and O–H groups in total. The van der Waals surface area contributed by atoms with E-state index < -0.39 is 0 Å². The molecule has 1 atom stereocenters. The van der Waals surface area contributed by atoms with E-state index in [0.29, 0.717) is 74.1 Å². The van der Waals surface area contributed by atoms with Gasteiger partial charge in [0.25, 0.3) is 5.91 Å². The molecular weight excluding hydrogens is 508 g/mol. The number of nitrogens with one attached hydrogen (secondary N) is 2. The topological polar surface area (TPSA) is 172 Å². The molecule has 0 unspecified atom stereocenters. The SMILES string of the molecule is N=C(N)c1nnc(N2CCC[C@@H](C(N)=NCCCCCl)C2)nc1Nc1ccc(C(=O)N2CCOCC2)cc1. The van der Waals surface area contributed by atoms with Crippen molar-refractivity contribution in [2.24, 2.45) is 22.4 Å². The van der Waals surface area contributed by atoms with Crippen molar-refractivity contribution in [3.05, 3.63) is 35.5 Å². The number of anilines is 3. The van der Waals surface area contributed by atoms with Crippen LogP contribution in [0.1, 0.15) is 41.7 Å². The Morgan fingerprint density at radius 1 is 1.16 bits per heavy atom. The summed E-state index contributed by atoms with van der Waals surface area (Å²) in [7, 11) is 0. The molecule has 2 saturated heterocycles. The van der Waals surface area contributed by atoms with Crippen molar-refractivity contribution in [2.75, 3.05) is 62.0 Å². The Labute approximate surface area is 227 Å². The number of aromatic nitrogens is 3. The first-order valence-corrected chi connectivity index (χ1v) is 13.4. The molecule has 204 valence electrons. The van der Waals surface area contributed by atoms with Gasteiger partial charge in [-0.3, -0.25) is 15.2 Å². The van der Waals surface area contributed by atoms with Gasteiger partial charge in [-0.15, -0.1) is 21.8 Å². The average Bonchev–Trinajstić information content (AvgIpc) is 2.95. The van der Waals surface area contributed by atoms with E-state index in [4.69, 9.17) is 33.2 Å². The number of amides is 1. The van der Waals surface area contributed by atoms with Crippen molar-refractivity contribution in [2.45, 2.75) is 25.7 Å². The smallest absolute Gasteiger partial charge is 0.254 e. The number of ether oxygens (including phenoxy) is 1. The van der Waals surface area contributed by atoms with Crippen LogP contribution in [-0.2, 0) is 4.74 Å². The molecule has 1 amide bonds. The molecule has 4 rings (SSSR count). The summed E-state index contributed by atoms with van der Waals surface area (Å²) in [5.41, 5.74) is 13.5. The van der Waals surface area contributed by atoms with E-state index in [1.165, 1.54) is 0 Å². The zero-order valence-electron chi connectivity index (χ0n) is 21.4. The number of carbonyl (C=O) groups is 1. The van der Waals surface area contributed by atoms with E-state index in [1.54, 1.807) is 29.2 Å². The molecule has 38 heavy (non-hydrogen) atoms. The van der Waals surface area contributed by atoms with Gasteiger partial charge in [0.05, 0.1) is 19.0 Å². The number of rotatable bonds is 10. The Balaban J connectivity index is 1.47. The lowest BCUT2D eigenvalue weighted by molar-refractivity contribution is 0.0303. The van der Waals surface area contributed by atoms with Crippen molar-refractivity contribution < 1.29 is 9.53 Å². The summed E-state index contributed by atoms with van der Waals surface area (Å²) < 4.78 is 5.33. The minimum Gasteiger partial charge on any atom is -0.387 e. The number of piperidine rings is 1. The first kappa shape index (κ1) is 27.5. The number of aliphatic imine (C=N–C) groups is 1. The number of carbonyl (C=O) groups excluding carboxylic acids is 1. The number of nitrogens with two attached hydrogens (primary N) is 2. The molecule has 3 heterocycles. The van der Waals surface area contributed by atoms with Crippen molar-refractivity contribution in [1.82, 2.24) is 20.1 Å². The van der Waals surface area contributed by atoms with Gasteiger partial charge in [-0.05, 0) is 49.9 Å². The van der Waals surface area contributed by atoms with Crippen molar-refractivity contribution in [3.8, 4) is 0 Å². The first-order chi connectivity index (χ1) is 18.5. The van der Waals surface area contributed by atoms with Crippen molar-refractivity contribution >= 4 is 46.6 Å². The predicted octanol–water partition coefficient (Wildman–Crippen LogP) is 1.96. The zero-order valence-corrected chi connectivity index (χ0v) is 22.2. The van der Waals surface area contributed by atoms with Gasteiger partial charge < -0.3 is 31.3 Å². The average molecular weight is 543 g/mol. The van der Waals surface area contributed by atoms with Crippen LogP contribution < -0.4 is 21.7 Å². The molecule has 0 radical (unpaired) electrons. The van der Waals surface area contributed by atoms with Crippen LogP contribution in [0, 0.1) is 11.3 Å². The zero-order chi connectivity index (χ0) is 26.9. The van der Waals surface area contributed by atoms with Gasteiger partial charge in [-0.25, -0.2) is 0 Å². The Hall–Kier alpha value is -3.51. The Bertz CT molecular complexity index is 1140. The van der Waals surface area contributed by atoms with Crippen LogP contribution in [0.2, 0.25) is 0 Å². The second-order valence-corrected chi connectivity index (χ2v) is 9.70. The van der Waals surface area contributed by atoms with E-state index in [-0.39, 0.29) is 23.4 Å². The fraction of sp³-hybridized carbons (Fsp3) is 0.520. The number of unbranched alkanes of at least 4 members (excludes halogenated alkanes) is 1. The number of halogens is 1. The molecule has 2 fully saturated rings. The lowest BCUT2D eigenvalue weighted by Crippen LogP contribution is -2.42. The van der Waals surface area contributed by atoms with Crippen LogP contribution in [0.4, 0.5) is 17.5 Å². The minimum atomic E-state index is -0.247. The predicted molar refractivity (Wildman–Crippen MR) is 149 cm³/mol. The molecule has 0 aliphatic carbocycles. The van der Waals surface area contributed by atoms with E-state index >= 15 is 0 Å². The lowest BCUT2D eigenvalue weighted by atomic mass is 9.97. The fourth-order valence-corrected chi connectivity index (χ4v) is 4.63. The van der Waals surface area contributed by atoms with Crippen LogP contribution in [0.5, 0.6) is 0 Å². The highest BCUT2D eigenvalue weighted by Crippen LogP contribution is 2.24. The van der Waals surface area contributed by atoms with E-state index in [9.17, 15) is 4.79 Å². The number of amidine groups is 2. The molecule has 12 nitrogen and oxygen atoms in total. The molecule has 1 aromatic heterocycles. The van der Waals surface area contributed by atoms with Gasteiger partial charge in [-0.2, -0.15) is 4.98 Å².